The van der Waals surface area contributed by atoms with E-state index in [1.165, 1.54) is 12.1 Å². The predicted molar refractivity (Wildman–Crippen MR) is 77.4 cm³/mol. The first kappa shape index (κ1) is 15.0. The summed E-state index contributed by atoms with van der Waals surface area (Å²) < 4.78 is 13.2. The van der Waals surface area contributed by atoms with Crippen molar-refractivity contribution in [2.45, 2.75) is 45.7 Å². The Balaban J connectivity index is 2.14. The van der Waals surface area contributed by atoms with Gasteiger partial charge in [-0.25, -0.2) is 4.39 Å². The third-order valence-electron chi connectivity index (χ3n) is 4.45. The molecule has 4 heteroatoms. The van der Waals surface area contributed by atoms with Crippen LogP contribution in [0.15, 0.2) is 24.3 Å². The van der Waals surface area contributed by atoms with E-state index in [2.05, 4.69) is 0 Å². The van der Waals surface area contributed by atoms with Crippen LogP contribution < -0.4 is 5.73 Å². The maximum Gasteiger partial charge on any atom is 0.230 e. The highest BCUT2D eigenvalue weighted by Gasteiger charge is 2.44. The van der Waals surface area contributed by atoms with Crippen LogP contribution in [0.3, 0.4) is 0 Å². The van der Waals surface area contributed by atoms with E-state index in [1.807, 2.05) is 19.9 Å². The molecule has 2 rings (SSSR count). The van der Waals surface area contributed by atoms with E-state index < -0.39 is 5.41 Å². The number of carbonyl (C=O) groups is 1. The maximum atomic E-state index is 13.2. The highest BCUT2D eigenvalue weighted by atomic mass is 19.1. The van der Waals surface area contributed by atoms with Crippen LogP contribution in [0.4, 0.5) is 4.39 Å². The summed E-state index contributed by atoms with van der Waals surface area (Å²) in [5.41, 5.74) is 6.46. The summed E-state index contributed by atoms with van der Waals surface area (Å²) in [6.45, 7) is 4.95. The van der Waals surface area contributed by atoms with Gasteiger partial charge in [0.15, 0.2) is 0 Å². The molecule has 1 aliphatic rings. The highest BCUT2D eigenvalue weighted by molar-refractivity contribution is 5.83. The van der Waals surface area contributed by atoms with Gasteiger partial charge in [-0.2, -0.15) is 0 Å². The Labute approximate surface area is 120 Å². The van der Waals surface area contributed by atoms with Gasteiger partial charge in [0.2, 0.25) is 5.91 Å². The molecule has 3 nitrogen and oxygen atoms in total. The maximum absolute atomic E-state index is 13.2. The zero-order valence-electron chi connectivity index (χ0n) is 12.2. The topological polar surface area (TPSA) is 46.3 Å². The summed E-state index contributed by atoms with van der Waals surface area (Å²) in [5, 5.41) is 0. The fourth-order valence-corrected chi connectivity index (χ4v) is 3.00. The number of hydrogen-bond donors (Lipinski definition) is 1. The molecule has 1 amide bonds. The molecule has 0 bridgehead atoms. The van der Waals surface area contributed by atoms with Gasteiger partial charge >= 0.3 is 0 Å². The quantitative estimate of drug-likeness (QED) is 0.920. The van der Waals surface area contributed by atoms with Crippen molar-refractivity contribution in [3.8, 4) is 0 Å². The first-order valence-electron chi connectivity index (χ1n) is 7.27. The molecule has 1 fully saturated rings. The number of benzene rings is 1. The molecule has 2 atom stereocenters. The third-order valence-corrected chi connectivity index (χ3v) is 4.45. The molecule has 20 heavy (non-hydrogen) atoms. The van der Waals surface area contributed by atoms with Crippen molar-refractivity contribution in [1.29, 1.82) is 0 Å². The Morgan fingerprint density at radius 2 is 2.30 bits per heavy atom. The molecular formula is C16H23FN2O. The minimum absolute atomic E-state index is 0.0726. The van der Waals surface area contributed by atoms with Gasteiger partial charge in [-0.3, -0.25) is 4.79 Å². The zero-order chi connectivity index (χ0) is 14.8. The van der Waals surface area contributed by atoms with E-state index in [1.54, 1.807) is 11.0 Å². The van der Waals surface area contributed by atoms with Crippen LogP contribution in [-0.2, 0) is 11.3 Å². The van der Waals surface area contributed by atoms with Crippen LogP contribution in [0.25, 0.3) is 0 Å². The lowest BCUT2D eigenvalue weighted by Gasteiger charge is -2.34. The van der Waals surface area contributed by atoms with Crippen molar-refractivity contribution < 1.29 is 9.18 Å². The van der Waals surface area contributed by atoms with Crippen LogP contribution >= 0.6 is 0 Å². The van der Waals surface area contributed by atoms with Gasteiger partial charge in [0.1, 0.15) is 5.82 Å². The Hall–Kier alpha value is -1.42. The number of nitrogens with two attached hydrogens (primary N) is 1. The Kier molecular flexibility index (Phi) is 4.43. The van der Waals surface area contributed by atoms with Gasteiger partial charge in [0.25, 0.3) is 0 Å². The zero-order valence-corrected chi connectivity index (χ0v) is 12.2. The molecule has 0 spiro atoms. The lowest BCUT2D eigenvalue weighted by molar-refractivity contribution is -0.142. The van der Waals surface area contributed by atoms with Gasteiger partial charge in [-0.1, -0.05) is 18.6 Å². The van der Waals surface area contributed by atoms with Crippen molar-refractivity contribution >= 4 is 5.91 Å². The minimum atomic E-state index is -0.469. The Morgan fingerprint density at radius 1 is 1.55 bits per heavy atom. The predicted octanol–water partition coefficient (Wildman–Crippen LogP) is 2.69. The van der Waals surface area contributed by atoms with Gasteiger partial charge in [0.05, 0.1) is 5.41 Å². The summed E-state index contributed by atoms with van der Waals surface area (Å²) in [4.78, 5) is 14.5. The van der Waals surface area contributed by atoms with E-state index in [4.69, 9.17) is 5.73 Å². The van der Waals surface area contributed by atoms with Gasteiger partial charge in [0, 0.05) is 19.1 Å². The van der Waals surface area contributed by atoms with Crippen molar-refractivity contribution in [2.75, 3.05) is 6.54 Å². The van der Waals surface area contributed by atoms with E-state index in [9.17, 15) is 9.18 Å². The van der Waals surface area contributed by atoms with Crippen molar-refractivity contribution in [2.24, 2.45) is 11.1 Å². The molecular weight excluding hydrogens is 255 g/mol. The van der Waals surface area contributed by atoms with Crippen molar-refractivity contribution in [1.82, 2.24) is 4.90 Å². The highest BCUT2D eigenvalue weighted by Crippen LogP contribution is 2.38. The largest absolute Gasteiger partial charge is 0.338 e. The second-order valence-corrected chi connectivity index (χ2v) is 5.87. The molecule has 0 aromatic heterocycles. The minimum Gasteiger partial charge on any atom is -0.338 e. The van der Waals surface area contributed by atoms with Crippen LogP contribution in [0.1, 0.15) is 38.7 Å². The second-order valence-electron chi connectivity index (χ2n) is 5.87. The number of rotatable bonds is 4. The Bertz CT molecular complexity index is 491. The number of halogens is 1. The average Bonchev–Trinajstić information content (AvgIpc) is 2.76. The normalized spacial score (nSPS) is 25.7. The number of nitrogens with zero attached hydrogens (tertiary/aromatic N) is 1. The fourth-order valence-electron chi connectivity index (χ4n) is 3.00. The molecule has 2 N–H and O–H groups in total. The number of amides is 1. The van der Waals surface area contributed by atoms with E-state index in [0.29, 0.717) is 13.1 Å². The molecule has 0 heterocycles. The second kappa shape index (κ2) is 5.92. The Morgan fingerprint density at radius 3 is 2.85 bits per heavy atom. The lowest BCUT2D eigenvalue weighted by atomic mass is 9.83. The standard InChI is InChI=1S/C16H23FN2O/c1-3-19(11-12-6-4-7-13(17)10-12)15(20)16(2)9-5-8-14(16)18/h4,6-7,10,14H,3,5,8-9,11,18H2,1-2H3. The lowest BCUT2D eigenvalue weighted by Crippen LogP contribution is -2.48. The molecule has 0 aliphatic heterocycles. The van der Waals surface area contributed by atoms with Crippen molar-refractivity contribution in [3.05, 3.63) is 35.6 Å². The van der Waals surface area contributed by atoms with Crippen LogP contribution in [-0.4, -0.2) is 23.4 Å². The van der Waals surface area contributed by atoms with Crippen LogP contribution in [0, 0.1) is 11.2 Å². The first-order valence-corrected chi connectivity index (χ1v) is 7.27. The van der Waals surface area contributed by atoms with E-state index in [0.717, 1.165) is 24.8 Å². The van der Waals surface area contributed by atoms with Crippen LogP contribution in [0.5, 0.6) is 0 Å². The summed E-state index contributed by atoms with van der Waals surface area (Å²) in [6, 6.07) is 6.33. The number of hydrogen-bond acceptors (Lipinski definition) is 2. The molecule has 1 aromatic carbocycles. The van der Waals surface area contributed by atoms with Crippen LogP contribution in [0.2, 0.25) is 0 Å². The van der Waals surface area contributed by atoms with Gasteiger partial charge in [-0.15, -0.1) is 0 Å². The van der Waals surface area contributed by atoms with E-state index >= 15 is 0 Å². The molecule has 0 saturated heterocycles. The molecule has 1 aromatic rings. The summed E-state index contributed by atoms with van der Waals surface area (Å²) in [5.74, 6) is -0.177. The smallest absolute Gasteiger partial charge is 0.230 e. The average molecular weight is 278 g/mol. The van der Waals surface area contributed by atoms with Crippen molar-refractivity contribution in [3.63, 3.8) is 0 Å². The number of carbonyl (C=O) groups excluding carboxylic acids is 1. The molecule has 2 unspecified atom stereocenters. The fraction of sp³-hybridized carbons (Fsp3) is 0.562. The summed E-state index contributed by atoms with van der Waals surface area (Å²) >= 11 is 0. The SMILES string of the molecule is CCN(Cc1cccc(F)c1)C(=O)C1(C)CCCC1N. The van der Waals surface area contributed by atoms with Gasteiger partial charge in [-0.05, 0) is 44.4 Å². The molecule has 1 aliphatic carbocycles. The monoisotopic (exact) mass is 278 g/mol. The molecule has 0 radical (unpaired) electrons. The summed E-state index contributed by atoms with van der Waals surface area (Å²) in [7, 11) is 0. The first-order chi connectivity index (χ1) is 9.47. The third kappa shape index (κ3) is 2.85. The molecule has 110 valence electrons. The van der Waals surface area contributed by atoms with Gasteiger partial charge < -0.3 is 10.6 Å². The van der Waals surface area contributed by atoms with E-state index in [-0.39, 0.29) is 17.8 Å². The molecule has 1 saturated carbocycles. The summed E-state index contributed by atoms with van der Waals surface area (Å²) in [6.07, 6.45) is 2.74.